The number of carbonyl (C=O) groups is 2. The number of alkyl halides is 4. The van der Waals surface area contributed by atoms with Crippen molar-refractivity contribution in [2.24, 2.45) is 11.8 Å². The zero-order valence-electron chi connectivity index (χ0n) is 31.5. The largest absolute Gasteiger partial charge is 0.497 e. The van der Waals surface area contributed by atoms with Gasteiger partial charge in [0.15, 0.2) is 0 Å². The molecule has 2 aromatic carbocycles. The number of halogens is 4. The highest BCUT2D eigenvalue weighted by Gasteiger charge is 2.57. The highest BCUT2D eigenvalue weighted by atomic mass is 19.4. The van der Waals surface area contributed by atoms with E-state index in [4.69, 9.17) is 14.2 Å². The number of nitrogens with zero attached hydrogens (tertiary/aromatic N) is 4. The zero-order chi connectivity index (χ0) is 38.1. The fraction of sp³-hybridized carbons (Fsp3) is 0.650. The molecule has 0 bridgehead atoms. The first-order valence-electron chi connectivity index (χ1n) is 18.8. The Morgan fingerprint density at radius 3 is 2.17 bits per heavy atom. The average Bonchev–Trinajstić information content (AvgIpc) is 3.75. The minimum atomic E-state index is -4.55. The number of hydrogen-bond donors (Lipinski definition) is 0. The van der Waals surface area contributed by atoms with Crippen LogP contribution in [0.4, 0.5) is 23.2 Å². The summed E-state index contributed by atoms with van der Waals surface area (Å²) in [5, 5.41) is 0. The molecule has 4 atom stereocenters. The lowest BCUT2D eigenvalue weighted by molar-refractivity contribution is -0.143. The molecule has 6 rings (SSSR count). The number of piperidine rings is 1. The maximum absolute atomic E-state index is 17.9. The maximum Gasteiger partial charge on any atom is 0.416 e. The molecule has 1 aliphatic carbocycles. The summed E-state index contributed by atoms with van der Waals surface area (Å²) in [5.74, 6) is -1.50. The van der Waals surface area contributed by atoms with Crippen LogP contribution >= 0.6 is 0 Å². The Bertz CT molecular complexity index is 1580. The van der Waals surface area contributed by atoms with E-state index in [1.165, 1.54) is 12.1 Å². The van der Waals surface area contributed by atoms with Crippen LogP contribution in [0.2, 0.25) is 0 Å². The van der Waals surface area contributed by atoms with Crippen molar-refractivity contribution in [2.75, 3.05) is 86.2 Å². The SMILES string of the molecule is COC[C@H]1CN(C(=O)[C@]2(F)CN(C3CCC(OC)CC3)C[C@H]2c2ccc(OC)cc2)C[C@@H]1c1ccc(C(F)(F)F)cc1N1CCC(C(=O)N(C)C)CC1. The van der Waals surface area contributed by atoms with Gasteiger partial charge in [0, 0.05) is 103 Å². The zero-order valence-corrected chi connectivity index (χ0v) is 31.5. The van der Waals surface area contributed by atoms with Crippen LogP contribution in [0, 0.1) is 11.8 Å². The van der Waals surface area contributed by atoms with Crippen molar-refractivity contribution in [1.82, 2.24) is 14.7 Å². The molecule has 0 unspecified atom stereocenters. The fourth-order valence-electron chi connectivity index (χ4n) is 9.27. The molecule has 13 heteroatoms. The first-order chi connectivity index (χ1) is 25.3. The molecule has 0 radical (unpaired) electrons. The predicted octanol–water partition coefficient (Wildman–Crippen LogP) is 5.97. The topological polar surface area (TPSA) is 74.8 Å². The van der Waals surface area contributed by atoms with Crippen LogP contribution in [0.5, 0.6) is 5.75 Å². The van der Waals surface area contributed by atoms with Crippen molar-refractivity contribution in [3.05, 3.63) is 59.2 Å². The van der Waals surface area contributed by atoms with Gasteiger partial charge in [0.2, 0.25) is 11.6 Å². The predicted molar refractivity (Wildman–Crippen MR) is 194 cm³/mol. The van der Waals surface area contributed by atoms with Crippen LogP contribution in [0.25, 0.3) is 0 Å². The first kappa shape index (κ1) is 39.3. The van der Waals surface area contributed by atoms with Crippen molar-refractivity contribution >= 4 is 17.5 Å². The normalized spacial score (nSPS) is 28.7. The summed E-state index contributed by atoms with van der Waals surface area (Å²) in [6.45, 7) is 1.82. The number of ether oxygens (including phenoxy) is 3. The van der Waals surface area contributed by atoms with Crippen molar-refractivity contribution in [3.8, 4) is 5.75 Å². The molecule has 4 aliphatic rings. The van der Waals surface area contributed by atoms with E-state index in [2.05, 4.69) is 4.90 Å². The number of benzene rings is 2. The lowest BCUT2D eigenvalue weighted by Gasteiger charge is -2.36. The number of hydrogen-bond acceptors (Lipinski definition) is 7. The number of likely N-dealkylation sites (tertiary alicyclic amines) is 2. The Labute approximate surface area is 310 Å². The van der Waals surface area contributed by atoms with Crippen LogP contribution in [0.15, 0.2) is 42.5 Å². The van der Waals surface area contributed by atoms with E-state index in [9.17, 15) is 22.8 Å². The minimum absolute atomic E-state index is 0.0141. The molecule has 53 heavy (non-hydrogen) atoms. The molecular weight excluding hydrogens is 692 g/mol. The minimum Gasteiger partial charge on any atom is -0.497 e. The van der Waals surface area contributed by atoms with Gasteiger partial charge in [-0.05, 0) is 73.9 Å². The van der Waals surface area contributed by atoms with Gasteiger partial charge in [0.1, 0.15) is 5.75 Å². The molecule has 0 N–H and O–H groups in total. The van der Waals surface area contributed by atoms with Gasteiger partial charge in [-0.2, -0.15) is 13.2 Å². The van der Waals surface area contributed by atoms with E-state index in [-0.39, 0.29) is 62.0 Å². The highest BCUT2D eigenvalue weighted by Crippen LogP contribution is 2.47. The number of carbonyl (C=O) groups excluding carboxylic acids is 2. The molecule has 2 amide bonds. The van der Waals surface area contributed by atoms with E-state index in [1.807, 2.05) is 17.0 Å². The van der Waals surface area contributed by atoms with Gasteiger partial charge < -0.3 is 28.9 Å². The van der Waals surface area contributed by atoms with Crippen LogP contribution < -0.4 is 9.64 Å². The Morgan fingerprint density at radius 1 is 0.906 bits per heavy atom. The van der Waals surface area contributed by atoms with Gasteiger partial charge in [-0.25, -0.2) is 4.39 Å². The summed E-state index contributed by atoms with van der Waals surface area (Å²) in [6, 6.07) is 11.2. The first-order valence-corrected chi connectivity index (χ1v) is 18.8. The maximum atomic E-state index is 17.9. The van der Waals surface area contributed by atoms with Gasteiger partial charge >= 0.3 is 6.18 Å². The molecule has 3 heterocycles. The number of methoxy groups -OCH3 is 3. The van der Waals surface area contributed by atoms with E-state index in [1.54, 1.807) is 57.4 Å². The summed E-state index contributed by atoms with van der Waals surface area (Å²) < 4.78 is 76.8. The highest BCUT2D eigenvalue weighted by molar-refractivity contribution is 5.88. The molecule has 3 aliphatic heterocycles. The third-order valence-corrected chi connectivity index (χ3v) is 12.3. The monoisotopic (exact) mass is 746 g/mol. The van der Waals surface area contributed by atoms with E-state index >= 15 is 4.39 Å². The van der Waals surface area contributed by atoms with Crippen molar-refractivity contribution in [3.63, 3.8) is 0 Å². The van der Waals surface area contributed by atoms with Gasteiger partial charge in [-0.1, -0.05) is 18.2 Å². The van der Waals surface area contributed by atoms with E-state index < -0.39 is 29.2 Å². The second kappa shape index (κ2) is 16.1. The van der Waals surface area contributed by atoms with Crippen LogP contribution in [-0.2, 0) is 25.2 Å². The smallest absolute Gasteiger partial charge is 0.416 e. The molecule has 2 aromatic rings. The van der Waals surface area contributed by atoms with Crippen LogP contribution in [0.3, 0.4) is 0 Å². The fourth-order valence-corrected chi connectivity index (χ4v) is 9.27. The molecule has 4 fully saturated rings. The molecule has 3 saturated heterocycles. The van der Waals surface area contributed by atoms with Crippen LogP contribution in [0.1, 0.15) is 67.1 Å². The van der Waals surface area contributed by atoms with Gasteiger partial charge in [-0.15, -0.1) is 0 Å². The van der Waals surface area contributed by atoms with Crippen molar-refractivity contribution in [2.45, 2.75) is 74.4 Å². The number of rotatable bonds is 10. The van der Waals surface area contributed by atoms with Gasteiger partial charge in [-0.3, -0.25) is 14.5 Å². The molecule has 0 spiro atoms. The lowest BCUT2D eigenvalue weighted by Crippen LogP contribution is -2.50. The quantitative estimate of drug-likeness (QED) is 0.278. The summed E-state index contributed by atoms with van der Waals surface area (Å²) >= 11 is 0. The Balaban J connectivity index is 1.29. The summed E-state index contributed by atoms with van der Waals surface area (Å²) in [4.78, 5) is 34.6. The molecule has 292 valence electrons. The summed E-state index contributed by atoms with van der Waals surface area (Å²) in [5.41, 5.74) is -1.13. The second-order valence-electron chi connectivity index (χ2n) is 15.6. The summed E-state index contributed by atoms with van der Waals surface area (Å²) in [6.07, 6.45) is 0.143. The second-order valence-corrected chi connectivity index (χ2v) is 15.6. The standard InChI is InChI=1S/C40H54F4N4O5/c1-45(2)37(49)27-16-18-46(19-17-27)36-20-29(40(42,43)44)8-15-33(36)34-22-47(21-28(34)24-51-3)38(50)39(41)25-48(30-9-13-32(53-5)14-10-30)23-35(39)26-6-11-31(52-4)12-7-26/h6-8,11-12,15,20,27-28,30,32,34-35H,9-10,13-14,16-19,21-25H2,1-5H3/t28-,30?,32?,34+,35+,39+/m1/s1. The molecule has 0 aromatic heterocycles. The van der Waals surface area contributed by atoms with Gasteiger partial charge in [0.05, 0.1) is 25.4 Å². The Morgan fingerprint density at radius 2 is 1.58 bits per heavy atom. The van der Waals surface area contributed by atoms with E-state index in [0.29, 0.717) is 49.5 Å². The molecule has 9 nitrogen and oxygen atoms in total. The molecular formula is C40H54F4N4O5. The lowest BCUT2D eigenvalue weighted by atomic mass is 9.85. The molecule has 1 saturated carbocycles. The van der Waals surface area contributed by atoms with Crippen LogP contribution in [-0.4, -0.2) is 126 Å². The summed E-state index contributed by atoms with van der Waals surface area (Å²) in [7, 11) is 8.27. The third-order valence-electron chi connectivity index (χ3n) is 12.3. The Kier molecular flexibility index (Phi) is 12.0. The van der Waals surface area contributed by atoms with Crippen molar-refractivity contribution < 1.29 is 41.4 Å². The average molecular weight is 747 g/mol. The van der Waals surface area contributed by atoms with Crippen molar-refractivity contribution in [1.29, 1.82) is 0 Å². The Hall–Kier alpha value is -3.42. The third kappa shape index (κ3) is 8.17. The van der Waals surface area contributed by atoms with E-state index in [0.717, 1.165) is 37.3 Å². The van der Waals surface area contributed by atoms with Gasteiger partial charge in [0.25, 0.3) is 5.91 Å². The number of amides is 2. The number of anilines is 1.